The molecule has 0 radical (unpaired) electrons. The summed E-state index contributed by atoms with van der Waals surface area (Å²) in [6, 6.07) is 0. The number of nitrogens with zero attached hydrogens (tertiary/aromatic N) is 1. The molecule has 0 aromatic heterocycles. The summed E-state index contributed by atoms with van der Waals surface area (Å²) in [7, 11) is 4.27. The molecule has 0 spiro atoms. The standard InChI is InChI=1S/C22H43NO2S/c1-4-5-6-7-8-9-10-11-15-20-21(25-22(20)24)16-12-13-18-26-19-14-17-23(2)3/h20-21H,4-19H2,1-3H3/t20-,21-/m1/s1. The first-order valence-corrected chi connectivity index (χ1v) is 12.2. The second kappa shape index (κ2) is 15.8. The Labute approximate surface area is 167 Å². The van der Waals surface area contributed by atoms with E-state index in [9.17, 15) is 4.79 Å². The number of cyclic esters (lactones) is 1. The lowest BCUT2D eigenvalue weighted by Crippen LogP contribution is -2.44. The fraction of sp³-hybridized carbons (Fsp3) is 0.955. The Balaban J connectivity index is 1.92. The third-order valence-electron chi connectivity index (χ3n) is 5.31. The van der Waals surface area contributed by atoms with E-state index in [1.54, 1.807) is 0 Å². The molecule has 1 aliphatic rings. The van der Waals surface area contributed by atoms with Crippen LogP contribution in [0, 0.1) is 5.92 Å². The molecular weight excluding hydrogens is 342 g/mol. The lowest BCUT2D eigenvalue weighted by Gasteiger charge is -2.35. The molecule has 26 heavy (non-hydrogen) atoms. The minimum absolute atomic E-state index is 0.0657. The number of unbranched alkanes of at least 4 members (excludes halogenated alkanes) is 8. The number of carbonyl (C=O) groups excluding carboxylic acids is 1. The molecule has 1 rings (SSSR count). The van der Waals surface area contributed by atoms with Crippen molar-refractivity contribution in [2.45, 2.75) is 96.5 Å². The number of thioether (sulfide) groups is 1. The Morgan fingerprint density at radius 2 is 1.46 bits per heavy atom. The van der Waals surface area contributed by atoms with Crippen LogP contribution in [0.15, 0.2) is 0 Å². The molecule has 0 amide bonds. The van der Waals surface area contributed by atoms with E-state index in [1.807, 2.05) is 0 Å². The Bertz CT molecular complexity index is 349. The molecule has 0 N–H and O–H groups in total. The third-order valence-corrected chi connectivity index (χ3v) is 6.46. The second-order valence-electron chi connectivity index (χ2n) is 8.11. The Hall–Kier alpha value is -0.220. The molecule has 0 unspecified atom stereocenters. The molecule has 154 valence electrons. The van der Waals surface area contributed by atoms with Gasteiger partial charge in [0.2, 0.25) is 0 Å². The van der Waals surface area contributed by atoms with Crippen LogP contribution in [0.3, 0.4) is 0 Å². The summed E-state index contributed by atoms with van der Waals surface area (Å²) >= 11 is 2.07. The van der Waals surface area contributed by atoms with E-state index in [4.69, 9.17) is 4.74 Å². The summed E-state index contributed by atoms with van der Waals surface area (Å²) in [5.74, 6) is 2.79. The van der Waals surface area contributed by atoms with Crippen LogP contribution in [0.5, 0.6) is 0 Å². The SMILES string of the molecule is CCCCCCCCCC[C@H]1C(=O)O[C@@H]1CCCCSCCCN(C)C. The van der Waals surface area contributed by atoms with Crippen molar-refractivity contribution in [1.29, 1.82) is 0 Å². The topological polar surface area (TPSA) is 29.5 Å². The maximum Gasteiger partial charge on any atom is 0.313 e. The fourth-order valence-electron chi connectivity index (χ4n) is 3.59. The molecule has 0 saturated carbocycles. The second-order valence-corrected chi connectivity index (χ2v) is 9.34. The van der Waals surface area contributed by atoms with Gasteiger partial charge >= 0.3 is 5.97 Å². The van der Waals surface area contributed by atoms with Crippen molar-refractivity contribution in [3.8, 4) is 0 Å². The molecule has 0 aromatic carbocycles. The van der Waals surface area contributed by atoms with E-state index in [1.165, 1.54) is 88.7 Å². The van der Waals surface area contributed by atoms with Gasteiger partial charge in [-0.05, 0) is 64.2 Å². The average Bonchev–Trinajstić information content (AvgIpc) is 2.61. The first kappa shape index (κ1) is 23.8. The van der Waals surface area contributed by atoms with Crippen molar-refractivity contribution in [2.24, 2.45) is 5.92 Å². The van der Waals surface area contributed by atoms with Gasteiger partial charge in [0.05, 0.1) is 5.92 Å². The summed E-state index contributed by atoms with van der Waals surface area (Å²) in [5, 5.41) is 0. The molecule has 0 aliphatic carbocycles. The molecule has 1 saturated heterocycles. The molecule has 3 nitrogen and oxygen atoms in total. The van der Waals surface area contributed by atoms with Gasteiger partial charge in [0.15, 0.2) is 0 Å². The van der Waals surface area contributed by atoms with Crippen molar-refractivity contribution < 1.29 is 9.53 Å². The van der Waals surface area contributed by atoms with Gasteiger partial charge in [-0.25, -0.2) is 0 Å². The van der Waals surface area contributed by atoms with Crippen molar-refractivity contribution in [3.63, 3.8) is 0 Å². The number of ether oxygens (including phenoxy) is 1. The van der Waals surface area contributed by atoms with Gasteiger partial charge in [-0.15, -0.1) is 0 Å². The molecule has 1 fully saturated rings. The lowest BCUT2D eigenvalue weighted by molar-refractivity contribution is -0.186. The highest BCUT2D eigenvalue weighted by molar-refractivity contribution is 7.99. The van der Waals surface area contributed by atoms with Crippen molar-refractivity contribution in [1.82, 2.24) is 4.90 Å². The highest BCUT2D eigenvalue weighted by Crippen LogP contribution is 2.31. The van der Waals surface area contributed by atoms with Crippen LogP contribution in [0.4, 0.5) is 0 Å². The molecule has 0 aromatic rings. The Morgan fingerprint density at radius 1 is 0.846 bits per heavy atom. The van der Waals surface area contributed by atoms with Crippen LogP contribution in [0.25, 0.3) is 0 Å². The predicted octanol–water partition coefficient (Wildman–Crippen LogP) is 5.91. The van der Waals surface area contributed by atoms with Crippen molar-refractivity contribution in [2.75, 3.05) is 32.1 Å². The fourth-order valence-corrected chi connectivity index (χ4v) is 4.54. The highest BCUT2D eigenvalue weighted by atomic mass is 32.2. The van der Waals surface area contributed by atoms with E-state index in [2.05, 4.69) is 37.7 Å². The van der Waals surface area contributed by atoms with Crippen LogP contribution in [0.2, 0.25) is 0 Å². The zero-order chi connectivity index (χ0) is 19.0. The monoisotopic (exact) mass is 385 g/mol. The zero-order valence-corrected chi connectivity index (χ0v) is 18.5. The largest absolute Gasteiger partial charge is 0.461 e. The number of rotatable bonds is 18. The molecule has 1 heterocycles. The van der Waals surface area contributed by atoms with Crippen LogP contribution in [-0.2, 0) is 9.53 Å². The van der Waals surface area contributed by atoms with Gasteiger partial charge in [0.25, 0.3) is 0 Å². The third kappa shape index (κ3) is 11.5. The van der Waals surface area contributed by atoms with E-state index in [0.717, 1.165) is 12.8 Å². The minimum Gasteiger partial charge on any atom is -0.461 e. The maximum atomic E-state index is 11.7. The Morgan fingerprint density at radius 3 is 2.12 bits per heavy atom. The molecule has 4 heteroatoms. The normalized spacial score (nSPS) is 19.6. The van der Waals surface area contributed by atoms with Crippen LogP contribution < -0.4 is 0 Å². The van der Waals surface area contributed by atoms with E-state index < -0.39 is 0 Å². The number of hydrogen-bond donors (Lipinski definition) is 0. The van der Waals surface area contributed by atoms with E-state index in [-0.39, 0.29) is 18.0 Å². The van der Waals surface area contributed by atoms with E-state index >= 15 is 0 Å². The zero-order valence-electron chi connectivity index (χ0n) is 17.6. The first-order chi connectivity index (χ1) is 12.6. The number of carbonyl (C=O) groups is 1. The number of hydrogen-bond acceptors (Lipinski definition) is 4. The molecule has 2 atom stereocenters. The molecule has 0 bridgehead atoms. The average molecular weight is 386 g/mol. The van der Waals surface area contributed by atoms with Crippen LogP contribution >= 0.6 is 11.8 Å². The summed E-state index contributed by atoms with van der Waals surface area (Å²) < 4.78 is 5.39. The Kier molecular flexibility index (Phi) is 14.5. The molecule has 1 aliphatic heterocycles. The summed E-state index contributed by atoms with van der Waals surface area (Å²) in [5.41, 5.74) is 0. The van der Waals surface area contributed by atoms with Gasteiger partial charge in [-0.2, -0.15) is 11.8 Å². The van der Waals surface area contributed by atoms with Gasteiger partial charge in [-0.3, -0.25) is 4.79 Å². The van der Waals surface area contributed by atoms with Gasteiger partial charge < -0.3 is 9.64 Å². The van der Waals surface area contributed by atoms with Crippen molar-refractivity contribution >= 4 is 17.7 Å². The predicted molar refractivity (Wildman–Crippen MR) is 115 cm³/mol. The summed E-state index contributed by atoms with van der Waals surface area (Å²) in [6.07, 6.45) is 16.7. The van der Waals surface area contributed by atoms with E-state index in [0.29, 0.717) is 0 Å². The summed E-state index contributed by atoms with van der Waals surface area (Å²) in [6.45, 7) is 3.45. The molecular formula is C22H43NO2S. The maximum absolute atomic E-state index is 11.7. The van der Waals surface area contributed by atoms with Crippen LogP contribution in [-0.4, -0.2) is 49.1 Å². The summed E-state index contributed by atoms with van der Waals surface area (Å²) in [4.78, 5) is 14.0. The van der Waals surface area contributed by atoms with Gasteiger partial charge in [0, 0.05) is 0 Å². The van der Waals surface area contributed by atoms with Crippen molar-refractivity contribution in [3.05, 3.63) is 0 Å². The van der Waals surface area contributed by atoms with Gasteiger partial charge in [-0.1, -0.05) is 58.3 Å². The lowest BCUT2D eigenvalue weighted by atomic mass is 9.88. The smallest absolute Gasteiger partial charge is 0.313 e. The minimum atomic E-state index is 0.0657. The van der Waals surface area contributed by atoms with Crippen LogP contribution in [0.1, 0.15) is 90.4 Å². The highest BCUT2D eigenvalue weighted by Gasteiger charge is 2.40. The van der Waals surface area contributed by atoms with Gasteiger partial charge in [0.1, 0.15) is 6.10 Å². The first-order valence-electron chi connectivity index (χ1n) is 11.1. The quantitative estimate of drug-likeness (QED) is 0.216. The number of esters is 1.